The van der Waals surface area contributed by atoms with Crippen LogP contribution in [0.2, 0.25) is 0 Å². The van der Waals surface area contributed by atoms with E-state index in [1.54, 1.807) is 11.6 Å². The van der Waals surface area contributed by atoms with Gasteiger partial charge < -0.3 is 14.2 Å². The average Bonchev–Trinajstić information content (AvgIpc) is 3.25. The van der Waals surface area contributed by atoms with E-state index in [1.807, 2.05) is 30.3 Å². The number of tetrazole rings is 1. The predicted octanol–water partition coefficient (Wildman–Crippen LogP) is 0.932. The van der Waals surface area contributed by atoms with E-state index < -0.39 is 0 Å². The normalized spacial score (nSPS) is 18.3. The number of hydrogen-bond acceptors (Lipinski definition) is 8. The Morgan fingerprint density at radius 3 is 2.87 bits per heavy atom. The fourth-order valence-electron chi connectivity index (χ4n) is 2.55. The van der Waals surface area contributed by atoms with E-state index >= 15 is 0 Å². The first-order valence-corrected chi connectivity index (χ1v) is 7.32. The number of rotatable bonds is 3. The number of nitrogens with zero attached hydrogens (tertiary/aromatic N) is 7. The summed E-state index contributed by atoms with van der Waals surface area (Å²) in [6.45, 7) is 3.56. The van der Waals surface area contributed by atoms with E-state index in [4.69, 9.17) is 9.26 Å². The van der Waals surface area contributed by atoms with Crippen LogP contribution in [0.5, 0.6) is 0 Å². The minimum absolute atomic E-state index is 0.262. The molecule has 23 heavy (non-hydrogen) atoms. The quantitative estimate of drug-likeness (QED) is 0.705. The Morgan fingerprint density at radius 1 is 1.22 bits per heavy atom. The van der Waals surface area contributed by atoms with Gasteiger partial charge in [0.15, 0.2) is 0 Å². The van der Waals surface area contributed by atoms with E-state index in [-0.39, 0.29) is 6.10 Å². The van der Waals surface area contributed by atoms with Crippen molar-refractivity contribution in [3.05, 3.63) is 42.0 Å². The maximum Gasteiger partial charge on any atom is 0.250 e. The van der Waals surface area contributed by atoms with Crippen LogP contribution in [0.25, 0.3) is 5.69 Å². The molecule has 0 spiro atoms. The Bertz CT molecular complexity index is 785. The highest BCUT2D eigenvalue weighted by Crippen LogP contribution is 2.24. The number of morpholine rings is 1. The van der Waals surface area contributed by atoms with Crippen LogP contribution in [0.4, 0.5) is 5.95 Å². The van der Waals surface area contributed by atoms with Gasteiger partial charge >= 0.3 is 0 Å². The monoisotopic (exact) mass is 313 g/mol. The zero-order valence-corrected chi connectivity index (χ0v) is 12.5. The average molecular weight is 313 g/mol. The molecule has 0 amide bonds. The molecular formula is C14H15N7O2. The molecule has 4 rings (SSSR count). The van der Waals surface area contributed by atoms with Crippen molar-refractivity contribution in [1.29, 1.82) is 0 Å². The number of ether oxygens (including phenoxy) is 1. The zero-order chi connectivity index (χ0) is 15.6. The molecular weight excluding hydrogens is 298 g/mol. The summed E-state index contributed by atoms with van der Waals surface area (Å²) in [5.41, 5.74) is 0.908. The zero-order valence-electron chi connectivity index (χ0n) is 12.5. The van der Waals surface area contributed by atoms with Gasteiger partial charge in [0.05, 0.1) is 18.8 Å². The van der Waals surface area contributed by atoms with Gasteiger partial charge in [-0.2, -0.15) is 9.67 Å². The van der Waals surface area contributed by atoms with Gasteiger partial charge in [0.2, 0.25) is 11.7 Å². The van der Waals surface area contributed by atoms with Crippen molar-refractivity contribution in [1.82, 2.24) is 30.3 Å². The summed E-state index contributed by atoms with van der Waals surface area (Å²) in [6, 6.07) is 9.77. The Labute approximate surface area is 131 Å². The lowest BCUT2D eigenvalue weighted by Crippen LogP contribution is -2.40. The molecule has 1 aromatic carbocycles. The maximum atomic E-state index is 5.75. The van der Waals surface area contributed by atoms with Gasteiger partial charge in [0, 0.05) is 13.5 Å². The number of aryl methyl sites for hydroxylation is 1. The maximum absolute atomic E-state index is 5.75. The van der Waals surface area contributed by atoms with Crippen molar-refractivity contribution in [3.63, 3.8) is 0 Å². The number of anilines is 1. The van der Waals surface area contributed by atoms with E-state index in [1.165, 1.54) is 0 Å². The summed E-state index contributed by atoms with van der Waals surface area (Å²) in [7, 11) is 0. The second-order valence-electron chi connectivity index (χ2n) is 5.20. The lowest BCUT2D eigenvalue weighted by molar-refractivity contribution is 0.0319. The van der Waals surface area contributed by atoms with Crippen molar-refractivity contribution < 1.29 is 9.26 Å². The van der Waals surface area contributed by atoms with E-state index in [2.05, 4.69) is 30.6 Å². The van der Waals surface area contributed by atoms with Gasteiger partial charge in [-0.25, -0.2) is 0 Å². The Kier molecular flexibility index (Phi) is 3.46. The first kappa shape index (κ1) is 13.8. The highest BCUT2D eigenvalue weighted by atomic mass is 16.5. The molecule has 1 aliphatic heterocycles. The summed E-state index contributed by atoms with van der Waals surface area (Å²) in [4.78, 5) is 6.31. The first-order chi connectivity index (χ1) is 11.3. The SMILES string of the molecule is Cc1nc([C@H]2CN(c3nnnn3-c3ccccc3)CCO2)no1. The van der Waals surface area contributed by atoms with Crippen LogP contribution >= 0.6 is 0 Å². The molecule has 0 N–H and O–H groups in total. The van der Waals surface area contributed by atoms with Gasteiger partial charge in [-0.1, -0.05) is 28.5 Å². The first-order valence-electron chi connectivity index (χ1n) is 7.32. The minimum atomic E-state index is -0.262. The molecule has 0 aliphatic carbocycles. The van der Waals surface area contributed by atoms with Crippen LogP contribution in [-0.4, -0.2) is 50.0 Å². The van der Waals surface area contributed by atoms with Gasteiger partial charge in [-0.15, -0.1) is 0 Å². The highest BCUT2D eigenvalue weighted by Gasteiger charge is 2.28. The Morgan fingerprint density at radius 2 is 2.09 bits per heavy atom. The fourth-order valence-corrected chi connectivity index (χ4v) is 2.55. The molecule has 1 fully saturated rings. The van der Waals surface area contributed by atoms with Crippen LogP contribution in [-0.2, 0) is 4.74 Å². The summed E-state index contributed by atoms with van der Waals surface area (Å²) in [6.07, 6.45) is -0.262. The van der Waals surface area contributed by atoms with Crippen molar-refractivity contribution in [2.75, 3.05) is 24.6 Å². The largest absolute Gasteiger partial charge is 0.366 e. The van der Waals surface area contributed by atoms with Crippen LogP contribution < -0.4 is 4.90 Å². The lowest BCUT2D eigenvalue weighted by atomic mass is 10.2. The standard InChI is InChI=1S/C14H15N7O2/c1-10-15-13(17-23-10)12-9-20(7-8-22-12)14-16-18-19-21(14)11-5-3-2-4-6-11/h2-6,12H,7-9H2,1H3/t12-/m1/s1. The van der Waals surface area contributed by atoms with E-state index in [9.17, 15) is 0 Å². The van der Waals surface area contributed by atoms with Gasteiger partial charge in [-0.05, 0) is 22.6 Å². The molecule has 1 atom stereocenters. The fraction of sp³-hybridized carbons (Fsp3) is 0.357. The Balaban J connectivity index is 1.60. The van der Waals surface area contributed by atoms with Gasteiger partial charge in [-0.3, -0.25) is 0 Å². The molecule has 118 valence electrons. The van der Waals surface area contributed by atoms with E-state index in [0.717, 1.165) is 5.69 Å². The van der Waals surface area contributed by atoms with Crippen molar-refractivity contribution in [3.8, 4) is 5.69 Å². The smallest absolute Gasteiger partial charge is 0.250 e. The number of para-hydroxylation sites is 1. The van der Waals surface area contributed by atoms with Gasteiger partial charge in [0.1, 0.15) is 6.10 Å². The second kappa shape index (κ2) is 5.76. The van der Waals surface area contributed by atoms with E-state index in [0.29, 0.717) is 37.4 Å². The molecule has 0 radical (unpaired) electrons. The number of hydrogen-bond donors (Lipinski definition) is 0. The third kappa shape index (κ3) is 2.66. The number of aromatic nitrogens is 6. The topological polar surface area (TPSA) is 95.0 Å². The molecule has 0 bridgehead atoms. The summed E-state index contributed by atoms with van der Waals surface area (Å²) < 4.78 is 12.5. The summed E-state index contributed by atoms with van der Waals surface area (Å²) >= 11 is 0. The summed E-state index contributed by atoms with van der Waals surface area (Å²) in [5, 5.41) is 16.0. The Hall–Kier alpha value is -2.81. The molecule has 3 aromatic rings. The van der Waals surface area contributed by atoms with Crippen molar-refractivity contribution in [2.24, 2.45) is 0 Å². The molecule has 1 saturated heterocycles. The van der Waals surface area contributed by atoms with Crippen LogP contribution in [0.1, 0.15) is 17.8 Å². The van der Waals surface area contributed by atoms with Crippen molar-refractivity contribution >= 4 is 5.95 Å². The molecule has 0 saturated carbocycles. The third-order valence-electron chi connectivity index (χ3n) is 3.63. The van der Waals surface area contributed by atoms with Crippen LogP contribution in [0.3, 0.4) is 0 Å². The predicted molar refractivity (Wildman–Crippen MR) is 79.1 cm³/mol. The third-order valence-corrected chi connectivity index (χ3v) is 3.63. The molecule has 2 aromatic heterocycles. The molecule has 0 unspecified atom stereocenters. The van der Waals surface area contributed by atoms with Crippen LogP contribution in [0.15, 0.2) is 34.9 Å². The second-order valence-corrected chi connectivity index (χ2v) is 5.20. The number of benzene rings is 1. The van der Waals surface area contributed by atoms with Gasteiger partial charge in [0.25, 0.3) is 5.95 Å². The molecule has 9 heteroatoms. The minimum Gasteiger partial charge on any atom is -0.366 e. The molecule has 3 heterocycles. The highest BCUT2D eigenvalue weighted by molar-refractivity contribution is 5.41. The molecule has 9 nitrogen and oxygen atoms in total. The molecule has 1 aliphatic rings. The van der Waals surface area contributed by atoms with Crippen LogP contribution in [0, 0.1) is 6.92 Å². The lowest BCUT2D eigenvalue weighted by Gasteiger charge is -2.31. The summed E-state index contributed by atoms with van der Waals surface area (Å²) in [5.74, 6) is 1.74. The van der Waals surface area contributed by atoms with Crippen molar-refractivity contribution in [2.45, 2.75) is 13.0 Å².